The molecule has 24 heavy (non-hydrogen) atoms. The molecule has 0 N–H and O–H groups in total. The van der Waals surface area contributed by atoms with Crippen LogP contribution in [0.5, 0.6) is 0 Å². The molecular weight excluding hydrogens is 324 g/mol. The van der Waals surface area contributed by atoms with E-state index in [0.29, 0.717) is 23.6 Å². The van der Waals surface area contributed by atoms with Crippen LogP contribution >= 0.6 is 0 Å². The predicted molar refractivity (Wildman–Crippen MR) is 95.8 cm³/mol. The first kappa shape index (κ1) is 17.3. The highest BCUT2D eigenvalue weighted by Gasteiger charge is 2.33. The molecule has 2 heterocycles. The Balaban J connectivity index is 1.85. The van der Waals surface area contributed by atoms with E-state index in [-0.39, 0.29) is 11.9 Å². The molecule has 0 aromatic heterocycles. The van der Waals surface area contributed by atoms with E-state index in [1.807, 2.05) is 17.9 Å². The van der Waals surface area contributed by atoms with Gasteiger partial charge in [0, 0.05) is 24.7 Å². The third-order valence-corrected chi connectivity index (χ3v) is 6.49. The first-order valence-electron chi connectivity index (χ1n) is 8.73. The summed E-state index contributed by atoms with van der Waals surface area (Å²) >= 11 is 0. The van der Waals surface area contributed by atoms with Crippen molar-refractivity contribution >= 4 is 21.6 Å². The molecule has 3 rings (SSSR count). The van der Waals surface area contributed by atoms with Crippen molar-refractivity contribution in [1.82, 2.24) is 4.90 Å². The van der Waals surface area contributed by atoms with Crippen molar-refractivity contribution in [3.05, 3.63) is 29.3 Å². The van der Waals surface area contributed by atoms with Gasteiger partial charge in [-0.05, 0) is 55.9 Å². The summed E-state index contributed by atoms with van der Waals surface area (Å²) in [5.41, 5.74) is 2.34. The number of carbonyl (C=O) groups excluding carboxylic acids is 1. The smallest absolute Gasteiger partial charge is 0.253 e. The molecule has 2 aliphatic heterocycles. The maximum atomic E-state index is 12.8. The number of hydrogen-bond acceptors (Lipinski definition) is 3. The fraction of sp³-hybridized carbons (Fsp3) is 0.611. The van der Waals surface area contributed by atoms with E-state index < -0.39 is 10.0 Å². The molecule has 0 spiro atoms. The van der Waals surface area contributed by atoms with Crippen molar-refractivity contribution in [2.45, 2.75) is 45.6 Å². The lowest BCUT2D eigenvalue weighted by atomic mass is 9.95. The molecule has 1 amide bonds. The van der Waals surface area contributed by atoms with Crippen LogP contribution in [0.4, 0.5) is 5.69 Å². The normalized spacial score (nSPS) is 24.1. The number of hydrogen-bond donors (Lipinski definition) is 0. The van der Waals surface area contributed by atoms with E-state index >= 15 is 0 Å². The number of piperidine rings is 1. The van der Waals surface area contributed by atoms with Crippen LogP contribution in [0.15, 0.2) is 18.2 Å². The molecular formula is C18H26N2O3S. The molecule has 1 aromatic carbocycles. The molecule has 0 aliphatic carbocycles. The van der Waals surface area contributed by atoms with E-state index in [2.05, 4.69) is 6.92 Å². The second-order valence-corrected chi connectivity index (χ2v) is 8.98. The van der Waals surface area contributed by atoms with Crippen LogP contribution in [0.25, 0.3) is 0 Å². The van der Waals surface area contributed by atoms with E-state index in [4.69, 9.17) is 0 Å². The monoisotopic (exact) mass is 350 g/mol. The summed E-state index contributed by atoms with van der Waals surface area (Å²) in [6.07, 6.45) is 5.26. The van der Waals surface area contributed by atoms with Gasteiger partial charge in [-0.3, -0.25) is 9.10 Å². The topological polar surface area (TPSA) is 57.7 Å². The lowest BCUT2D eigenvalue weighted by molar-refractivity contribution is 0.0671. The Morgan fingerprint density at radius 3 is 2.75 bits per heavy atom. The maximum absolute atomic E-state index is 12.8. The van der Waals surface area contributed by atoms with Crippen LogP contribution in [-0.2, 0) is 16.4 Å². The minimum Gasteiger partial charge on any atom is -0.338 e. The Morgan fingerprint density at radius 1 is 1.33 bits per heavy atom. The quantitative estimate of drug-likeness (QED) is 0.842. The standard InChI is InChI=1S/C18H26N2O3S/c1-4-14-6-5-9-19(12-14)18(21)15-7-8-17-16(11-15)10-13(2)20(17)24(3,22)23/h7-8,11,13-14H,4-6,9-10,12H2,1-3H3/t13-,14+/m0/s1. The number of sulfonamides is 1. The molecule has 0 unspecified atom stereocenters. The van der Waals surface area contributed by atoms with Crippen molar-refractivity contribution < 1.29 is 13.2 Å². The lowest BCUT2D eigenvalue weighted by Crippen LogP contribution is -2.39. The first-order valence-corrected chi connectivity index (χ1v) is 10.6. The highest BCUT2D eigenvalue weighted by molar-refractivity contribution is 7.92. The van der Waals surface area contributed by atoms with Gasteiger partial charge in [0.15, 0.2) is 0 Å². The van der Waals surface area contributed by atoms with Crippen LogP contribution in [0.1, 0.15) is 49.0 Å². The summed E-state index contributed by atoms with van der Waals surface area (Å²) in [4.78, 5) is 14.8. The van der Waals surface area contributed by atoms with Gasteiger partial charge in [0.25, 0.3) is 5.91 Å². The second-order valence-electron chi connectivity index (χ2n) is 7.12. The van der Waals surface area contributed by atoms with Crippen LogP contribution in [0.3, 0.4) is 0 Å². The molecule has 5 nitrogen and oxygen atoms in total. The lowest BCUT2D eigenvalue weighted by Gasteiger charge is -2.32. The van der Waals surface area contributed by atoms with E-state index in [1.165, 1.54) is 17.0 Å². The SMILES string of the molecule is CC[C@@H]1CCCN(C(=O)c2ccc3c(c2)C[C@H](C)N3S(C)(=O)=O)C1. The van der Waals surface area contributed by atoms with Crippen LogP contribution in [-0.4, -0.2) is 44.6 Å². The van der Waals surface area contributed by atoms with Gasteiger partial charge in [-0.2, -0.15) is 0 Å². The van der Waals surface area contributed by atoms with Gasteiger partial charge in [0.1, 0.15) is 0 Å². The van der Waals surface area contributed by atoms with Crippen LogP contribution < -0.4 is 4.31 Å². The molecule has 0 bridgehead atoms. The van der Waals surface area contributed by atoms with Gasteiger partial charge in [0.2, 0.25) is 10.0 Å². The minimum absolute atomic E-state index is 0.0707. The molecule has 6 heteroatoms. The van der Waals surface area contributed by atoms with Gasteiger partial charge in [-0.1, -0.05) is 13.3 Å². The summed E-state index contributed by atoms with van der Waals surface area (Å²) in [5, 5.41) is 0. The largest absolute Gasteiger partial charge is 0.338 e. The summed E-state index contributed by atoms with van der Waals surface area (Å²) in [6.45, 7) is 5.73. The summed E-state index contributed by atoms with van der Waals surface area (Å²) in [5.74, 6) is 0.666. The number of benzene rings is 1. The Labute approximate surface area is 144 Å². The minimum atomic E-state index is -3.29. The highest BCUT2D eigenvalue weighted by atomic mass is 32.2. The van der Waals surface area contributed by atoms with Gasteiger partial charge >= 0.3 is 0 Å². The third-order valence-electron chi connectivity index (χ3n) is 5.22. The number of anilines is 1. The number of rotatable bonds is 3. The van der Waals surface area contributed by atoms with Crippen molar-refractivity contribution in [2.24, 2.45) is 5.92 Å². The number of amides is 1. The van der Waals surface area contributed by atoms with Gasteiger partial charge < -0.3 is 4.90 Å². The predicted octanol–water partition coefficient (Wildman–Crippen LogP) is 2.66. The van der Waals surface area contributed by atoms with Crippen molar-refractivity contribution in [1.29, 1.82) is 0 Å². The zero-order valence-electron chi connectivity index (χ0n) is 14.7. The average Bonchev–Trinajstić information content (AvgIpc) is 2.89. The highest BCUT2D eigenvalue weighted by Crippen LogP contribution is 2.35. The van der Waals surface area contributed by atoms with E-state index in [9.17, 15) is 13.2 Å². The summed E-state index contributed by atoms with van der Waals surface area (Å²) in [6, 6.07) is 5.34. The Morgan fingerprint density at radius 2 is 2.08 bits per heavy atom. The molecule has 0 saturated carbocycles. The molecule has 0 radical (unpaired) electrons. The fourth-order valence-corrected chi connectivity index (χ4v) is 5.27. The Bertz CT molecular complexity index is 745. The van der Waals surface area contributed by atoms with Gasteiger partial charge in [-0.25, -0.2) is 8.42 Å². The second kappa shape index (κ2) is 6.39. The molecule has 1 aromatic rings. The third kappa shape index (κ3) is 3.16. The molecule has 1 saturated heterocycles. The number of nitrogens with zero attached hydrogens (tertiary/aromatic N) is 2. The summed E-state index contributed by atoms with van der Waals surface area (Å²) < 4.78 is 25.4. The van der Waals surface area contributed by atoms with Crippen LogP contribution in [0.2, 0.25) is 0 Å². The fourth-order valence-electron chi connectivity index (χ4n) is 4.01. The zero-order chi connectivity index (χ0) is 17.5. The van der Waals surface area contributed by atoms with Crippen molar-refractivity contribution in [2.75, 3.05) is 23.7 Å². The van der Waals surface area contributed by atoms with Gasteiger partial charge in [0.05, 0.1) is 11.9 Å². The van der Waals surface area contributed by atoms with Crippen molar-refractivity contribution in [3.63, 3.8) is 0 Å². The molecule has 2 aliphatic rings. The zero-order valence-corrected chi connectivity index (χ0v) is 15.5. The Kier molecular flexibility index (Phi) is 4.60. The number of carbonyl (C=O) groups is 1. The van der Waals surface area contributed by atoms with Crippen molar-refractivity contribution in [3.8, 4) is 0 Å². The number of fused-ring (bicyclic) bond motifs is 1. The first-order chi connectivity index (χ1) is 11.3. The maximum Gasteiger partial charge on any atom is 0.253 e. The molecule has 1 fully saturated rings. The average molecular weight is 350 g/mol. The summed E-state index contributed by atoms with van der Waals surface area (Å²) in [7, 11) is -3.29. The number of likely N-dealkylation sites (tertiary alicyclic amines) is 1. The van der Waals surface area contributed by atoms with E-state index in [0.717, 1.165) is 31.5 Å². The molecule has 132 valence electrons. The van der Waals surface area contributed by atoms with E-state index in [1.54, 1.807) is 12.1 Å². The Hall–Kier alpha value is -1.56. The van der Waals surface area contributed by atoms with Gasteiger partial charge in [-0.15, -0.1) is 0 Å². The molecule has 2 atom stereocenters. The van der Waals surface area contributed by atoms with Crippen LogP contribution in [0, 0.1) is 5.92 Å².